The molecule has 0 N–H and O–H groups in total. The summed E-state index contributed by atoms with van der Waals surface area (Å²) in [6.07, 6.45) is 17.9. The van der Waals surface area contributed by atoms with Crippen LogP contribution in [-0.2, 0) is 0 Å². The SMILES string of the molecule is CCCCCCCCCCCCC(F)CCCCC. The lowest BCUT2D eigenvalue weighted by Gasteiger charge is -2.07. The Morgan fingerprint density at radius 3 is 1.32 bits per heavy atom. The maximum atomic E-state index is 13.5. The van der Waals surface area contributed by atoms with Gasteiger partial charge in [0.05, 0.1) is 0 Å². The second kappa shape index (κ2) is 16.0. The third-order valence-electron chi connectivity index (χ3n) is 3.99. The molecule has 1 atom stereocenters. The van der Waals surface area contributed by atoms with Crippen molar-refractivity contribution in [2.24, 2.45) is 0 Å². The molecule has 0 spiro atoms. The van der Waals surface area contributed by atoms with Crippen LogP contribution in [0.3, 0.4) is 0 Å². The number of hydrogen-bond donors (Lipinski definition) is 0. The minimum Gasteiger partial charge on any atom is -0.247 e. The van der Waals surface area contributed by atoms with Crippen LogP contribution in [0, 0.1) is 0 Å². The van der Waals surface area contributed by atoms with Crippen molar-refractivity contribution < 1.29 is 4.39 Å². The van der Waals surface area contributed by atoms with Crippen LogP contribution in [-0.4, -0.2) is 6.17 Å². The second-order valence-electron chi connectivity index (χ2n) is 6.06. The molecule has 0 aliphatic carbocycles. The Hall–Kier alpha value is -0.0700. The molecule has 0 radical (unpaired) electrons. The zero-order valence-electron chi connectivity index (χ0n) is 13.6. The molecule has 0 heterocycles. The van der Waals surface area contributed by atoms with Gasteiger partial charge in [-0.05, 0) is 12.8 Å². The molecule has 0 amide bonds. The molecule has 0 rings (SSSR count). The van der Waals surface area contributed by atoms with Gasteiger partial charge in [0.15, 0.2) is 0 Å². The molecule has 1 heteroatoms. The molecular weight excluding hydrogens is 235 g/mol. The standard InChI is InChI=1S/C18H37F/c1-3-5-7-8-9-10-11-12-13-15-17-18(19)16-14-6-4-2/h18H,3-17H2,1-2H3. The largest absolute Gasteiger partial charge is 0.247 e. The van der Waals surface area contributed by atoms with E-state index in [-0.39, 0.29) is 0 Å². The highest BCUT2D eigenvalue weighted by atomic mass is 19.1. The summed E-state index contributed by atoms with van der Waals surface area (Å²) >= 11 is 0. The normalized spacial score (nSPS) is 12.8. The van der Waals surface area contributed by atoms with E-state index in [2.05, 4.69) is 13.8 Å². The Kier molecular flexibility index (Phi) is 15.9. The first-order chi connectivity index (χ1) is 9.31. The van der Waals surface area contributed by atoms with Crippen molar-refractivity contribution in [1.29, 1.82) is 0 Å². The summed E-state index contributed by atoms with van der Waals surface area (Å²) in [5.41, 5.74) is 0. The maximum Gasteiger partial charge on any atom is 0.100 e. The lowest BCUT2D eigenvalue weighted by molar-refractivity contribution is 0.279. The van der Waals surface area contributed by atoms with Crippen LogP contribution in [0.5, 0.6) is 0 Å². The van der Waals surface area contributed by atoms with E-state index in [4.69, 9.17) is 0 Å². The molecule has 0 fully saturated rings. The fourth-order valence-electron chi connectivity index (χ4n) is 2.61. The summed E-state index contributed by atoms with van der Waals surface area (Å²) in [6, 6.07) is 0. The highest BCUT2D eigenvalue weighted by Crippen LogP contribution is 2.15. The van der Waals surface area contributed by atoms with Gasteiger partial charge in [0.1, 0.15) is 6.17 Å². The Morgan fingerprint density at radius 1 is 0.526 bits per heavy atom. The fraction of sp³-hybridized carbons (Fsp3) is 1.00. The molecule has 0 aliphatic rings. The summed E-state index contributed by atoms with van der Waals surface area (Å²) in [7, 11) is 0. The van der Waals surface area contributed by atoms with Crippen LogP contribution in [0.1, 0.15) is 110 Å². The van der Waals surface area contributed by atoms with Crippen LogP contribution in [0.4, 0.5) is 4.39 Å². The topological polar surface area (TPSA) is 0 Å². The van der Waals surface area contributed by atoms with Gasteiger partial charge in [-0.3, -0.25) is 0 Å². The van der Waals surface area contributed by atoms with Crippen molar-refractivity contribution in [3.05, 3.63) is 0 Å². The van der Waals surface area contributed by atoms with Gasteiger partial charge >= 0.3 is 0 Å². The van der Waals surface area contributed by atoms with Crippen molar-refractivity contribution in [2.45, 2.75) is 116 Å². The highest BCUT2D eigenvalue weighted by Gasteiger charge is 2.05. The van der Waals surface area contributed by atoms with E-state index < -0.39 is 6.17 Å². The molecule has 19 heavy (non-hydrogen) atoms. The smallest absolute Gasteiger partial charge is 0.100 e. The molecule has 0 bridgehead atoms. The van der Waals surface area contributed by atoms with E-state index in [1.54, 1.807) is 0 Å². The minimum atomic E-state index is -0.527. The zero-order valence-corrected chi connectivity index (χ0v) is 13.6. The highest BCUT2D eigenvalue weighted by molar-refractivity contribution is 4.57. The lowest BCUT2D eigenvalue weighted by atomic mass is 10.0. The van der Waals surface area contributed by atoms with E-state index >= 15 is 0 Å². The zero-order chi connectivity index (χ0) is 14.2. The summed E-state index contributed by atoms with van der Waals surface area (Å²) in [5.74, 6) is 0. The molecule has 0 aromatic rings. The van der Waals surface area contributed by atoms with Gasteiger partial charge in [0.25, 0.3) is 0 Å². The van der Waals surface area contributed by atoms with Crippen molar-refractivity contribution in [3.63, 3.8) is 0 Å². The average molecular weight is 272 g/mol. The molecule has 0 saturated carbocycles. The summed E-state index contributed by atoms with van der Waals surface area (Å²) < 4.78 is 13.5. The minimum absolute atomic E-state index is 0.527. The Balaban J connectivity index is 3.05. The molecular formula is C18H37F. The molecule has 0 aromatic carbocycles. The quantitative estimate of drug-likeness (QED) is 0.276. The summed E-state index contributed by atoms with van der Waals surface area (Å²) in [6.45, 7) is 4.44. The second-order valence-corrected chi connectivity index (χ2v) is 6.06. The van der Waals surface area contributed by atoms with Crippen molar-refractivity contribution in [1.82, 2.24) is 0 Å². The van der Waals surface area contributed by atoms with Crippen LogP contribution < -0.4 is 0 Å². The molecule has 0 nitrogen and oxygen atoms in total. The average Bonchev–Trinajstić information content (AvgIpc) is 2.41. The maximum absolute atomic E-state index is 13.5. The first kappa shape index (κ1) is 18.9. The third kappa shape index (κ3) is 15.9. The molecule has 1 unspecified atom stereocenters. The van der Waals surface area contributed by atoms with E-state index in [9.17, 15) is 4.39 Å². The van der Waals surface area contributed by atoms with Gasteiger partial charge in [-0.1, -0.05) is 97.3 Å². The summed E-state index contributed by atoms with van der Waals surface area (Å²) in [4.78, 5) is 0. The first-order valence-corrected chi connectivity index (χ1v) is 8.95. The molecule has 0 aliphatic heterocycles. The number of halogens is 1. The number of hydrogen-bond acceptors (Lipinski definition) is 0. The van der Waals surface area contributed by atoms with E-state index in [0.29, 0.717) is 0 Å². The summed E-state index contributed by atoms with van der Waals surface area (Å²) in [5, 5.41) is 0. The molecule has 116 valence electrons. The van der Waals surface area contributed by atoms with Crippen molar-refractivity contribution >= 4 is 0 Å². The predicted octanol–water partition coefficient (Wildman–Crippen LogP) is 7.22. The third-order valence-corrected chi connectivity index (χ3v) is 3.99. The Bertz CT molecular complexity index is 156. The van der Waals surface area contributed by atoms with Crippen LogP contribution in [0.2, 0.25) is 0 Å². The monoisotopic (exact) mass is 272 g/mol. The lowest BCUT2D eigenvalue weighted by Crippen LogP contribution is -1.99. The van der Waals surface area contributed by atoms with Crippen LogP contribution in [0.15, 0.2) is 0 Å². The van der Waals surface area contributed by atoms with Gasteiger partial charge in [-0.15, -0.1) is 0 Å². The van der Waals surface area contributed by atoms with E-state index in [1.165, 1.54) is 70.6 Å². The van der Waals surface area contributed by atoms with E-state index in [0.717, 1.165) is 25.7 Å². The fourth-order valence-corrected chi connectivity index (χ4v) is 2.61. The van der Waals surface area contributed by atoms with Crippen LogP contribution in [0.25, 0.3) is 0 Å². The van der Waals surface area contributed by atoms with Crippen molar-refractivity contribution in [2.75, 3.05) is 0 Å². The Morgan fingerprint density at radius 2 is 0.842 bits per heavy atom. The van der Waals surface area contributed by atoms with Gasteiger partial charge in [-0.25, -0.2) is 4.39 Å². The van der Waals surface area contributed by atoms with Gasteiger partial charge in [0, 0.05) is 0 Å². The van der Waals surface area contributed by atoms with E-state index in [1.807, 2.05) is 0 Å². The molecule has 0 aromatic heterocycles. The van der Waals surface area contributed by atoms with Gasteiger partial charge < -0.3 is 0 Å². The van der Waals surface area contributed by atoms with Crippen molar-refractivity contribution in [3.8, 4) is 0 Å². The Labute approximate surface area is 121 Å². The van der Waals surface area contributed by atoms with Gasteiger partial charge in [-0.2, -0.15) is 0 Å². The number of alkyl halides is 1. The number of unbranched alkanes of at least 4 members (excludes halogenated alkanes) is 11. The van der Waals surface area contributed by atoms with Crippen LogP contribution >= 0.6 is 0 Å². The first-order valence-electron chi connectivity index (χ1n) is 8.95. The predicted molar refractivity (Wildman–Crippen MR) is 85.5 cm³/mol. The number of rotatable bonds is 15. The van der Waals surface area contributed by atoms with Gasteiger partial charge in [0.2, 0.25) is 0 Å². The molecule has 0 saturated heterocycles.